The van der Waals surface area contributed by atoms with Crippen molar-refractivity contribution >= 4 is 55.9 Å². The Morgan fingerprint density at radius 2 is 1.86 bits per heavy atom. The molecular formula is C22H20ClF3N4O3S2. The van der Waals surface area contributed by atoms with E-state index in [1.54, 1.807) is 23.1 Å². The molecule has 0 unspecified atom stereocenters. The molecule has 7 nitrogen and oxygen atoms in total. The van der Waals surface area contributed by atoms with Gasteiger partial charge in [-0.3, -0.25) is 14.5 Å². The number of pyridine rings is 1. The summed E-state index contributed by atoms with van der Waals surface area (Å²) in [6.07, 6.45) is -1.65. The molecule has 1 fully saturated rings. The van der Waals surface area contributed by atoms with Crippen molar-refractivity contribution in [3.63, 3.8) is 0 Å². The van der Waals surface area contributed by atoms with Crippen molar-refractivity contribution in [2.75, 3.05) is 34.3 Å². The van der Waals surface area contributed by atoms with E-state index in [1.165, 1.54) is 35.7 Å². The van der Waals surface area contributed by atoms with Gasteiger partial charge in [0.2, 0.25) is 10.0 Å². The second-order valence-corrected chi connectivity index (χ2v) is 11.6. The Hall–Kier alpha value is -2.83. The van der Waals surface area contributed by atoms with Gasteiger partial charge in [0.25, 0.3) is 5.91 Å². The standard InChI is InChI=1S/C22H20ClF3N4O3S2/c1-12-18(19-4-3-17(9-27-19)30-10-13(11-30)22(24,25)26)8-20(34-12)21(31)28-15-5-14(23)6-16(7-15)29-35(2,32)33/h3-9,13,29H,10-11H2,1-2H3,(H,28,31). The fourth-order valence-electron chi connectivity index (χ4n) is 3.60. The van der Waals surface area contributed by atoms with E-state index in [1.807, 2.05) is 6.92 Å². The van der Waals surface area contributed by atoms with Crippen LogP contribution in [-0.4, -0.2) is 44.8 Å². The first-order valence-corrected chi connectivity index (χ1v) is 13.4. The molecular weight excluding hydrogens is 525 g/mol. The van der Waals surface area contributed by atoms with Crippen LogP contribution in [0, 0.1) is 12.8 Å². The molecule has 0 radical (unpaired) electrons. The third-order valence-electron chi connectivity index (χ3n) is 5.33. The van der Waals surface area contributed by atoms with Crippen molar-refractivity contribution in [1.29, 1.82) is 0 Å². The van der Waals surface area contributed by atoms with Crippen LogP contribution in [0.3, 0.4) is 0 Å². The van der Waals surface area contributed by atoms with Crippen molar-refractivity contribution in [2.45, 2.75) is 13.1 Å². The van der Waals surface area contributed by atoms with Crippen molar-refractivity contribution in [3.8, 4) is 11.3 Å². The van der Waals surface area contributed by atoms with E-state index >= 15 is 0 Å². The molecule has 4 rings (SSSR count). The second-order valence-electron chi connectivity index (χ2n) is 8.18. The lowest BCUT2D eigenvalue weighted by Gasteiger charge is -2.41. The number of anilines is 3. The predicted octanol–water partition coefficient (Wildman–Crippen LogP) is 5.39. The van der Waals surface area contributed by atoms with E-state index in [0.717, 1.165) is 16.7 Å². The zero-order valence-corrected chi connectivity index (χ0v) is 20.9. The number of carbonyl (C=O) groups is 1. The highest BCUT2D eigenvalue weighted by molar-refractivity contribution is 7.92. The Morgan fingerprint density at radius 1 is 1.17 bits per heavy atom. The fourth-order valence-corrected chi connectivity index (χ4v) is 5.31. The number of halogens is 4. The normalized spacial score (nSPS) is 14.5. The van der Waals surface area contributed by atoms with Gasteiger partial charge in [-0.2, -0.15) is 13.2 Å². The number of hydrogen-bond donors (Lipinski definition) is 2. The van der Waals surface area contributed by atoms with E-state index in [-0.39, 0.29) is 23.8 Å². The molecule has 13 heteroatoms. The lowest BCUT2D eigenvalue weighted by molar-refractivity contribution is -0.180. The Kier molecular flexibility index (Phi) is 6.73. The number of amides is 1. The Balaban J connectivity index is 1.47. The van der Waals surface area contributed by atoms with Crippen molar-refractivity contribution in [3.05, 3.63) is 57.4 Å². The molecule has 2 aromatic heterocycles. The van der Waals surface area contributed by atoms with Crippen LogP contribution in [0.5, 0.6) is 0 Å². The Morgan fingerprint density at radius 3 is 2.46 bits per heavy atom. The van der Waals surface area contributed by atoms with Crippen LogP contribution in [0.1, 0.15) is 14.5 Å². The average molecular weight is 545 g/mol. The molecule has 35 heavy (non-hydrogen) atoms. The molecule has 1 amide bonds. The number of aromatic nitrogens is 1. The van der Waals surface area contributed by atoms with Gasteiger partial charge in [0, 0.05) is 34.2 Å². The average Bonchev–Trinajstić information content (AvgIpc) is 3.06. The van der Waals surface area contributed by atoms with Gasteiger partial charge in [0.15, 0.2) is 0 Å². The molecule has 1 aliphatic rings. The van der Waals surface area contributed by atoms with Gasteiger partial charge in [-0.05, 0) is 43.3 Å². The molecule has 2 N–H and O–H groups in total. The van der Waals surface area contributed by atoms with Crippen molar-refractivity contribution in [2.24, 2.45) is 5.92 Å². The summed E-state index contributed by atoms with van der Waals surface area (Å²) in [6, 6.07) is 9.48. The van der Waals surface area contributed by atoms with Crippen molar-refractivity contribution in [1.82, 2.24) is 4.98 Å². The predicted molar refractivity (Wildman–Crippen MR) is 132 cm³/mol. The van der Waals surface area contributed by atoms with Crippen LogP contribution < -0.4 is 14.9 Å². The number of benzene rings is 1. The van der Waals surface area contributed by atoms with E-state index in [9.17, 15) is 26.4 Å². The third kappa shape index (κ3) is 6.06. The topological polar surface area (TPSA) is 91.4 Å². The molecule has 0 aliphatic carbocycles. The minimum Gasteiger partial charge on any atom is -0.369 e. The van der Waals surface area contributed by atoms with Gasteiger partial charge < -0.3 is 10.2 Å². The lowest BCUT2D eigenvalue weighted by Crippen LogP contribution is -2.53. The number of nitrogens with zero attached hydrogens (tertiary/aromatic N) is 2. The molecule has 186 valence electrons. The Bertz CT molecular complexity index is 1370. The summed E-state index contributed by atoms with van der Waals surface area (Å²) in [4.78, 5) is 20.1. The first-order valence-electron chi connectivity index (χ1n) is 10.3. The Labute approximate surface area is 209 Å². The van der Waals surface area contributed by atoms with Crippen LogP contribution in [-0.2, 0) is 10.0 Å². The van der Waals surface area contributed by atoms with Gasteiger partial charge in [-0.25, -0.2) is 8.42 Å². The molecule has 0 atom stereocenters. The minimum absolute atomic E-state index is 0.0861. The van der Waals surface area contributed by atoms with Gasteiger partial charge in [0.05, 0.1) is 40.3 Å². The highest BCUT2D eigenvalue weighted by atomic mass is 35.5. The van der Waals surface area contributed by atoms with Crippen LogP contribution in [0.25, 0.3) is 11.3 Å². The quantitative estimate of drug-likeness (QED) is 0.434. The molecule has 0 bridgehead atoms. The smallest absolute Gasteiger partial charge is 0.369 e. The van der Waals surface area contributed by atoms with Gasteiger partial charge >= 0.3 is 6.18 Å². The number of sulfonamides is 1. The highest BCUT2D eigenvalue weighted by Crippen LogP contribution is 2.37. The van der Waals surface area contributed by atoms with E-state index in [4.69, 9.17) is 11.6 Å². The third-order valence-corrected chi connectivity index (χ3v) is 7.21. The zero-order valence-electron chi connectivity index (χ0n) is 18.5. The van der Waals surface area contributed by atoms with Crippen molar-refractivity contribution < 1.29 is 26.4 Å². The molecule has 0 spiro atoms. The molecule has 0 saturated carbocycles. The first kappa shape index (κ1) is 25.3. The minimum atomic E-state index is -4.19. The van der Waals surface area contributed by atoms with Gasteiger partial charge in [-0.15, -0.1) is 11.3 Å². The maximum Gasteiger partial charge on any atom is 0.395 e. The molecule has 1 aliphatic heterocycles. The number of thiophene rings is 1. The summed E-state index contributed by atoms with van der Waals surface area (Å²) in [5.41, 5.74) is 2.47. The number of carbonyl (C=O) groups excluding carboxylic acids is 1. The molecule has 3 aromatic rings. The zero-order chi connectivity index (χ0) is 25.5. The largest absolute Gasteiger partial charge is 0.395 e. The van der Waals surface area contributed by atoms with E-state index in [2.05, 4.69) is 15.0 Å². The summed E-state index contributed by atoms with van der Waals surface area (Å²) < 4.78 is 63.4. The van der Waals surface area contributed by atoms with Crippen LogP contribution in [0.2, 0.25) is 5.02 Å². The number of hydrogen-bond acceptors (Lipinski definition) is 6. The maximum atomic E-state index is 12.8. The summed E-state index contributed by atoms with van der Waals surface area (Å²) in [5.74, 6) is -1.73. The summed E-state index contributed by atoms with van der Waals surface area (Å²) in [5, 5.41) is 2.95. The van der Waals surface area contributed by atoms with Gasteiger partial charge in [0.1, 0.15) is 0 Å². The summed E-state index contributed by atoms with van der Waals surface area (Å²) >= 11 is 7.30. The molecule has 3 heterocycles. The fraction of sp³-hybridized carbons (Fsp3) is 0.273. The number of rotatable bonds is 6. The number of alkyl halides is 3. The second kappa shape index (κ2) is 9.32. The SMILES string of the molecule is Cc1sc(C(=O)Nc2cc(Cl)cc(NS(C)(=O)=O)c2)cc1-c1ccc(N2CC(C(F)(F)F)C2)cn1. The first-order chi connectivity index (χ1) is 16.3. The lowest BCUT2D eigenvalue weighted by atomic mass is 9.99. The van der Waals surface area contributed by atoms with Gasteiger partial charge in [-0.1, -0.05) is 11.6 Å². The molecule has 1 saturated heterocycles. The summed E-state index contributed by atoms with van der Waals surface area (Å²) in [6.45, 7) is 1.66. The molecule has 1 aromatic carbocycles. The van der Waals surface area contributed by atoms with E-state index in [0.29, 0.717) is 21.9 Å². The highest BCUT2D eigenvalue weighted by Gasteiger charge is 2.47. The van der Waals surface area contributed by atoms with Crippen LogP contribution in [0.4, 0.5) is 30.2 Å². The van der Waals surface area contributed by atoms with E-state index < -0.39 is 28.0 Å². The maximum absolute atomic E-state index is 12.8. The number of nitrogens with one attached hydrogen (secondary N) is 2. The summed E-state index contributed by atoms with van der Waals surface area (Å²) in [7, 11) is -3.52. The van der Waals surface area contributed by atoms with Crippen LogP contribution in [0.15, 0.2) is 42.6 Å². The van der Waals surface area contributed by atoms with Crippen LogP contribution >= 0.6 is 22.9 Å². The number of aryl methyl sites for hydroxylation is 1. The monoisotopic (exact) mass is 544 g/mol.